The highest BCUT2D eigenvalue weighted by Gasteiger charge is 2.19. The molecule has 3 rings (SSSR count). The fourth-order valence-corrected chi connectivity index (χ4v) is 4.20. The van der Waals surface area contributed by atoms with E-state index in [-0.39, 0.29) is 24.0 Å². The summed E-state index contributed by atoms with van der Waals surface area (Å²) in [7, 11) is 3.39. The lowest BCUT2D eigenvalue weighted by Gasteiger charge is -2.29. The van der Waals surface area contributed by atoms with Gasteiger partial charge in [-0.2, -0.15) is 0 Å². The number of ether oxygens (including phenoxy) is 2. The van der Waals surface area contributed by atoms with Crippen molar-refractivity contribution >= 4 is 29.9 Å². The molecule has 0 bridgehead atoms. The van der Waals surface area contributed by atoms with E-state index in [0.29, 0.717) is 6.04 Å². The van der Waals surface area contributed by atoms with Gasteiger partial charge in [0.05, 0.1) is 20.8 Å². The SMILES string of the molecule is CCNC(=NCCN1CCc2cc(OC)c(OC)cc2C1)NC1CCCCC1.I. The highest BCUT2D eigenvalue weighted by Crippen LogP contribution is 2.33. The van der Waals surface area contributed by atoms with E-state index in [2.05, 4.69) is 34.6 Å². The second-order valence-corrected chi connectivity index (χ2v) is 7.74. The van der Waals surface area contributed by atoms with Crippen LogP contribution in [0, 0.1) is 0 Å². The first-order valence-electron chi connectivity index (χ1n) is 10.7. The Labute approximate surface area is 192 Å². The normalized spacial score (nSPS) is 17.8. The van der Waals surface area contributed by atoms with Gasteiger partial charge in [-0.3, -0.25) is 9.89 Å². The number of hydrogen-bond donors (Lipinski definition) is 2. The Morgan fingerprint density at radius 1 is 1.10 bits per heavy atom. The molecule has 7 heteroatoms. The average Bonchev–Trinajstić information content (AvgIpc) is 2.73. The quantitative estimate of drug-likeness (QED) is 0.330. The minimum atomic E-state index is 0. The van der Waals surface area contributed by atoms with Gasteiger partial charge in [-0.1, -0.05) is 19.3 Å². The summed E-state index contributed by atoms with van der Waals surface area (Å²) in [6, 6.07) is 4.83. The molecule has 29 heavy (non-hydrogen) atoms. The molecule has 0 unspecified atom stereocenters. The molecule has 164 valence electrons. The van der Waals surface area contributed by atoms with Crippen LogP contribution in [0.3, 0.4) is 0 Å². The molecule has 1 aromatic carbocycles. The van der Waals surface area contributed by atoms with Crippen molar-refractivity contribution in [1.29, 1.82) is 0 Å². The van der Waals surface area contributed by atoms with Crippen molar-refractivity contribution in [2.45, 2.75) is 58.0 Å². The number of hydrogen-bond acceptors (Lipinski definition) is 4. The average molecular weight is 516 g/mol. The number of nitrogens with zero attached hydrogens (tertiary/aromatic N) is 2. The highest BCUT2D eigenvalue weighted by atomic mass is 127. The van der Waals surface area contributed by atoms with Crippen LogP contribution in [-0.2, 0) is 13.0 Å². The zero-order chi connectivity index (χ0) is 19.8. The van der Waals surface area contributed by atoms with Crippen molar-refractivity contribution in [3.63, 3.8) is 0 Å². The van der Waals surface area contributed by atoms with E-state index < -0.39 is 0 Å². The molecule has 1 fully saturated rings. The monoisotopic (exact) mass is 516 g/mol. The Morgan fingerprint density at radius 3 is 2.45 bits per heavy atom. The second-order valence-electron chi connectivity index (χ2n) is 7.74. The van der Waals surface area contributed by atoms with E-state index in [1.165, 1.54) is 43.2 Å². The molecule has 6 nitrogen and oxygen atoms in total. The van der Waals surface area contributed by atoms with E-state index in [1.807, 2.05) is 0 Å². The maximum absolute atomic E-state index is 5.47. The first-order chi connectivity index (χ1) is 13.7. The van der Waals surface area contributed by atoms with Gasteiger partial charge < -0.3 is 20.1 Å². The number of rotatable bonds is 7. The number of methoxy groups -OCH3 is 2. The van der Waals surface area contributed by atoms with E-state index in [4.69, 9.17) is 14.5 Å². The molecule has 0 amide bonds. The highest BCUT2D eigenvalue weighted by molar-refractivity contribution is 14.0. The van der Waals surface area contributed by atoms with Crippen molar-refractivity contribution in [3.05, 3.63) is 23.3 Å². The van der Waals surface area contributed by atoms with E-state index >= 15 is 0 Å². The number of halogens is 1. The number of fused-ring (bicyclic) bond motifs is 1. The molecule has 0 aromatic heterocycles. The van der Waals surface area contributed by atoms with Gasteiger partial charge in [0.2, 0.25) is 0 Å². The van der Waals surface area contributed by atoms with E-state index in [9.17, 15) is 0 Å². The molecule has 2 aliphatic rings. The predicted octanol–water partition coefficient (Wildman–Crippen LogP) is 3.57. The van der Waals surface area contributed by atoms with Gasteiger partial charge in [-0.25, -0.2) is 0 Å². The van der Waals surface area contributed by atoms with Crippen molar-refractivity contribution in [2.24, 2.45) is 4.99 Å². The minimum absolute atomic E-state index is 0. The van der Waals surface area contributed by atoms with Gasteiger partial charge in [0.15, 0.2) is 17.5 Å². The maximum Gasteiger partial charge on any atom is 0.191 e. The van der Waals surface area contributed by atoms with Gasteiger partial charge in [0.1, 0.15) is 0 Å². The lowest BCUT2D eigenvalue weighted by molar-refractivity contribution is 0.259. The molecular weight excluding hydrogens is 479 g/mol. The van der Waals surface area contributed by atoms with Gasteiger partial charge in [0.25, 0.3) is 0 Å². The predicted molar refractivity (Wildman–Crippen MR) is 130 cm³/mol. The Hall–Kier alpha value is -1.22. The molecule has 0 radical (unpaired) electrons. The van der Waals surface area contributed by atoms with Gasteiger partial charge >= 0.3 is 0 Å². The van der Waals surface area contributed by atoms with Crippen LogP contribution in [0.4, 0.5) is 0 Å². The van der Waals surface area contributed by atoms with Crippen molar-refractivity contribution in [3.8, 4) is 11.5 Å². The summed E-state index contributed by atoms with van der Waals surface area (Å²) >= 11 is 0. The fourth-order valence-electron chi connectivity index (χ4n) is 4.20. The maximum atomic E-state index is 5.47. The third-order valence-corrected chi connectivity index (χ3v) is 5.77. The van der Waals surface area contributed by atoms with Crippen LogP contribution in [0.25, 0.3) is 0 Å². The third kappa shape index (κ3) is 6.91. The molecule has 0 spiro atoms. The molecule has 0 saturated heterocycles. The zero-order valence-electron chi connectivity index (χ0n) is 18.1. The van der Waals surface area contributed by atoms with Crippen LogP contribution in [-0.4, -0.2) is 57.3 Å². The lowest BCUT2D eigenvalue weighted by atomic mass is 9.96. The van der Waals surface area contributed by atoms with E-state index in [0.717, 1.165) is 56.6 Å². The van der Waals surface area contributed by atoms with Crippen LogP contribution >= 0.6 is 24.0 Å². The smallest absolute Gasteiger partial charge is 0.191 e. The third-order valence-electron chi connectivity index (χ3n) is 5.77. The Morgan fingerprint density at radius 2 is 1.79 bits per heavy atom. The summed E-state index contributed by atoms with van der Waals surface area (Å²) in [5, 5.41) is 7.03. The second kappa shape index (κ2) is 12.5. The zero-order valence-corrected chi connectivity index (χ0v) is 20.5. The lowest BCUT2D eigenvalue weighted by Crippen LogP contribution is -2.44. The first-order valence-corrected chi connectivity index (χ1v) is 10.7. The summed E-state index contributed by atoms with van der Waals surface area (Å²) in [5.41, 5.74) is 2.70. The van der Waals surface area contributed by atoms with Crippen LogP contribution in [0.1, 0.15) is 50.2 Å². The molecule has 1 aliphatic heterocycles. The largest absolute Gasteiger partial charge is 0.493 e. The number of nitrogens with one attached hydrogen (secondary N) is 2. The molecule has 1 aliphatic carbocycles. The number of aliphatic imine (C=N–C) groups is 1. The van der Waals surface area contributed by atoms with Crippen LogP contribution in [0.2, 0.25) is 0 Å². The Balaban J connectivity index is 0.00000300. The molecule has 1 saturated carbocycles. The van der Waals surface area contributed by atoms with Gasteiger partial charge in [-0.15, -0.1) is 24.0 Å². The Bertz CT molecular complexity index is 662. The molecule has 1 heterocycles. The summed E-state index contributed by atoms with van der Waals surface area (Å²) < 4.78 is 10.9. The first kappa shape index (κ1) is 24.1. The summed E-state index contributed by atoms with van der Waals surface area (Å²) in [6.45, 7) is 6.81. The summed E-state index contributed by atoms with van der Waals surface area (Å²) in [5.74, 6) is 2.61. The van der Waals surface area contributed by atoms with E-state index in [1.54, 1.807) is 14.2 Å². The van der Waals surface area contributed by atoms with Crippen LogP contribution in [0.15, 0.2) is 17.1 Å². The van der Waals surface area contributed by atoms with Crippen molar-refractivity contribution < 1.29 is 9.47 Å². The van der Waals surface area contributed by atoms with Gasteiger partial charge in [0, 0.05) is 32.2 Å². The molecule has 2 N–H and O–H groups in total. The topological polar surface area (TPSA) is 58.1 Å². The molecule has 1 aromatic rings. The number of benzene rings is 1. The standard InChI is InChI=1S/C22H36N4O2.HI/c1-4-23-22(25-19-8-6-5-7-9-19)24-11-13-26-12-10-17-14-20(27-2)21(28-3)15-18(17)16-26;/h14-15,19H,4-13,16H2,1-3H3,(H2,23,24,25);1H. The number of guanidine groups is 1. The van der Waals surface area contributed by atoms with Gasteiger partial charge in [-0.05, 0) is 49.4 Å². The van der Waals surface area contributed by atoms with Crippen molar-refractivity contribution in [2.75, 3.05) is 40.4 Å². The minimum Gasteiger partial charge on any atom is -0.493 e. The molecule has 0 atom stereocenters. The fraction of sp³-hybridized carbons (Fsp3) is 0.682. The Kier molecular flexibility index (Phi) is 10.3. The summed E-state index contributed by atoms with van der Waals surface area (Å²) in [4.78, 5) is 7.30. The summed E-state index contributed by atoms with van der Waals surface area (Å²) in [6.07, 6.45) is 7.60. The van der Waals surface area contributed by atoms with Crippen molar-refractivity contribution in [1.82, 2.24) is 15.5 Å². The van der Waals surface area contributed by atoms with Crippen LogP contribution in [0.5, 0.6) is 11.5 Å². The van der Waals surface area contributed by atoms with Crippen LogP contribution < -0.4 is 20.1 Å². The molecular formula is C22H37IN4O2.